The molecule has 0 amide bonds. The molecule has 0 saturated heterocycles. The zero-order valence-corrected chi connectivity index (χ0v) is 14.8. The normalized spacial score (nSPS) is 26.3. The summed E-state index contributed by atoms with van der Waals surface area (Å²) in [5.74, 6) is 0.296. The first kappa shape index (κ1) is 18.4. The molecule has 0 heterocycles. The Balaban J connectivity index is 2.74. The van der Waals surface area contributed by atoms with Gasteiger partial charge in [-0.2, -0.15) is 0 Å². The molecule has 4 nitrogen and oxygen atoms in total. The summed E-state index contributed by atoms with van der Waals surface area (Å²) in [6, 6.07) is 0. The van der Waals surface area contributed by atoms with E-state index in [2.05, 4.69) is 45.0 Å². The van der Waals surface area contributed by atoms with Gasteiger partial charge in [0.2, 0.25) is 0 Å². The number of hydrogen-bond acceptors (Lipinski definition) is 4. The number of hydrogen-bond donors (Lipinski definition) is 1. The summed E-state index contributed by atoms with van der Waals surface area (Å²) in [4.78, 5) is 14.8. The maximum absolute atomic E-state index is 12.3. The predicted octanol–water partition coefficient (Wildman–Crippen LogP) is 2.82. The molecule has 2 atom stereocenters. The molecule has 1 fully saturated rings. The lowest BCUT2D eigenvalue weighted by Gasteiger charge is -2.38. The number of methoxy groups -OCH3 is 1. The number of carbonyl (C=O) groups excluding carboxylic acids is 1. The highest BCUT2D eigenvalue weighted by atomic mass is 16.5. The topological polar surface area (TPSA) is 41.6 Å². The highest BCUT2D eigenvalue weighted by Crippen LogP contribution is 2.39. The van der Waals surface area contributed by atoms with Gasteiger partial charge in [-0.1, -0.05) is 20.3 Å². The van der Waals surface area contributed by atoms with E-state index in [0.29, 0.717) is 5.92 Å². The van der Waals surface area contributed by atoms with Crippen molar-refractivity contribution >= 4 is 5.97 Å². The van der Waals surface area contributed by atoms with Crippen LogP contribution < -0.4 is 5.32 Å². The minimum atomic E-state index is -0.458. The van der Waals surface area contributed by atoms with E-state index in [1.54, 1.807) is 0 Å². The fourth-order valence-electron chi connectivity index (χ4n) is 3.46. The van der Waals surface area contributed by atoms with Crippen molar-refractivity contribution in [2.75, 3.05) is 27.2 Å². The van der Waals surface area contributed by atoms with Gasteiger partial charge in [-0.15, -0.1) is 0 Å². The lowest BCUT2D eigenvalue weighted by atomic mass is 9.84. The number of ether oxygens (including phenoxy) is 1. The summed E-state index contributed by atoms with van der Waals surface area (Å²) in [6.07, 6.45) is 5.29. The molecule has 0 aromatic rings. The molecule has 0 spiro atoms. The first-order valence-electron chi connectivity index (χ1n) is 8.38. The van der Waals surface area contributed by atoms with Crippen LogP contribution in [0.25, 0.3) is 0 Å². The second-order valence-corrected chi connectivity index (χ2v) is 6.96. The Bertz CT molecular complexity index is 344. The van der Waals surface area contributed by atoms with Gasteiger partial charge in [-0.3, -0.25) is 4.79 Å². The summed E-state index contributed by atoms with van der Waals surface area (Å²) in [7, 11) is 3.69. The summed E-state index contributed by atoms with van der Waals surface area (Å²) < 4.78 is 5.10. The van der Waals surface area contributed by atoms with Gasteiger partial charge in [-0.05, 0) is 65.6 Å². The maximum atomic E-state index is 12.3. The number of nitrogens with zero attached hydrogens (tertiary/aromatic N) is 1. The summed E-state index contributed by atoms with van der Waals surface area (Å²) >= 11 is 0. The summed E-state index contributed by atoms with van der Waals surface area (Å²) in [6.45, 7) is 10.7. The fraction of sp³-hybridized carbons (Fsp3) is 0.941. The van der Waals surface area contributed by atoms with Crippen molar-refractivity contribution in [3.05, 3.63) is 0 Å². The lowest BCUT2D eigenvalue weighted by Crippen LogP contribution is -2.56. The fourth-order valence-corrected chi connectivity index (χ4v) is 3.46. The van der Waals surface area contributed by atoms with E-state index in [1.807, 2.05) is 0 Å². The second kappa shape index (κ2) is 7.59. The van der Waals surface area contributed by atoms with Crippen molar-refractivity contribution in [1.29, 1.82) is 0 Å². The second-order valence-electron chi connectivity index (χ2n) is 6.96. The SMILES string of the molecule is CCNC1(C(=O)OC)CCCC1CCN(C)C(C)(C)CC. The molecule has 0 radical (unpaired) electrons. The van der Waals surface area contributed by atoms with Crippen molar-refractivity contribution in [3.8, 4) is 0 Å². The van der Waals surface area contributed by atoms with Gasteiger partial charge in [0.15, 0.2) is 0 Å². The standard InChI is InChI=1S/C17H34N2O2/c1-7-16(3,4)19(5)13-11-14-10-9-12-17(14,18-8-2)15(20)21-6/h14,18H,7-13H2,1-6H3. The first-order chi connectivity index (χ1) is 9.84. The van der Waals surface area contributed by atoms with Gasteiger partial charge in [-0.25, -0.2) is 0 Å². The zero-order valence-electron chi connectivity index (χ0n) is 14.8. The highest BCUT2D eigenvalue weighted by molar-refractivity contribution is 5.81. The third-order valence-corrected chi connectivity index (χ3v) is 5.57. The van der Waals surface area contributed by atoms with Gasteiger partial charge in [0, 0.05) is 5.54 Å². The van der Waals surface area contributed by atoms with Crippen molar-refractivity contribution < 1.29 is 9.53 Å². The minimum absolute atomic E-state index is 0.0794. The molecule has 4 heteroatoms. The minimum Gasteiger partial charge on any atom is -0.468 e. The molecule has 1 N–H and O–H groups in total. The molecule has 124 valence electrons. The van der Waals surface area contributed by atoms with Gasteiger partial charge >= 0.3 is 5.97 Å². The quantitative estimate of drug-likeness (QED) is 0.700. The van der Waals surface area contributed by atoms with Crippen LogP contribution in [0.4, 0.5) is 0 Å². The van der Waals surface area contributed by atoms with Crippen LogP contribution in [-0.4, -0.2) is 49.2 Å². The number of esters is 1. The Morgan fingerprint density at radius 3 is 2.62 bits per heavy atom. The predicted molar refractivity (Wildman–Crippen MR) is 87.4 cm³/mol. The smallest absolute Gasteiger partial charge is 0.326 e. The van der Waals surface area contributed by atoms with Crippen molar-refractivity contribution in [1.82, 2.24) is 10.2 Å². The van der Waals surface area contributed by atoms with Crippen molar-refractivity contribution in [2.45, 2.75) is 70.9 Å². The average molecular weight is 298 g/mol. The summed E-state index contributed by atoms with van der Waals surface area (Å²) in [5.41, 5.74) is -0.245. The van der Waals surface area contributed by atoms with Crippen LogP contribution in [0.5, 0.6) is 0 Å². The molecule has 1 aliphatic carbocycles. The molecular weight excluding hydrogens is 264 g/mol. The first-order valence-corrected chi connectivity index (χ1v) is 8.38. The molecule has 0 aromatic carbocycles. The molecule has 0 aromatic heterocycles. The monoisotopic (exact) mass is 298 g/mol. The van der Waals surface area contributed by atoms with E-state index >= 15 is 0 Å². The molecule has 0 aliphatic heterocycles. The number of nitrogens with one attached hydrogen (secondary N) is 1. The highest BCUT2D eigenvalue weighted by Gasteiger charge is 2.49. The van der Waals surface area contributed by atoms with E-state index in [-0.39, 0.29) is 11.5 Å². The molecule has 1 aliphatic rings. The lowest BCUT2D eigenvalue weighted by molar-refractivity contribution is -0.150. The van der Waals surface area contributed by atoms with Gasteiger partial charge in [0.1, 0.15) is 5.54 Å². The zero-order chi connectivity index (χ0) is 16.1. The van der Waals surface area contributed by atoms with E-state index in [1.165, 1.54) is 7.11 Å². The Kier molecular flexibility index (Phi) is 6.67. The molecule has 1 rings (SSSR count). The molecule has 21 heavy (non-hydrogen) atoms. The van der Waals surface area contributed by atoms with Crippen LogP contribution in [-0.2, 0) is 9.53 Å². The van der Waals surface area contributed by atoms with E-state index in [4.69, 9.17) is 4.74 Å². The van der Waals surface area contributed by atoms with Gasteiger partial charge in [0.05, 0.1) is 7.11 Å². The van der Waals surface area contributed by atoms with Gasteiger partial charge < -0.3 is 15.0 Å². The molecule has 0 bridgehead atoms. The van der Waals surface area contributed by atoms with E-state index < -0.39 is 5.54 Å². The van der Waals surface area contributed by atoms with E-state index in [0.717, 1.165) is 45.2 Å². The van der Waals surface area contributed by atoms with Crippen LogP contribution in [0.3, 0.4) is 0 Å². The molecule has 2 unspecified atom stereocenters. The van der Waals surface area contributed by atoms with E-state index in [9.17, 15) is 4.79 Å². The van der Waals surface area contributed by atoms with Crippen LogP contribution in [0, 0.1) is 5.92 Å². The number of likely N-dealkylation sites (N-methyl/N-ethyl adjacent to an activating group) is 1. The Labute approximate surface area is 130 Å². The van der Waals surface area contributed by atoms with Crippen LogP contribution in [0.1, 0.15) is 59.8 Å². The van der Waals surface area contributed by atoms with Crippen LogP contribution >= 0.6 is 0 Å². The number of carbonyl (C=O) groups is 1. The maximum Gasteiger partial charge on any atom is 0.326 e. The molecule has 1 saturated carbocycles. The third kappa shape index (κ3) is 3.98. The average Bonchev–Trinajstić information content (AvgIpc) is 2.88. The van der Waals surface area contributed by atoms with Crippen molar-refractivity contribution in [3.63, 3.8) is 0 Å². The Morgan fingerprint density at radius 2 is 2.10 bits per heavy atom. The Morgan fingerprint density at radius 1 is 1.43 bits per heavy atom. The third-order valence-electron chi connectivity index (χ3n) is 5.57. The van der Waals surface area contributed by atoms with Crippen LogP contribution in [0.15, 0.2) is 0 Å². The Hall–Kier alpha value is -0.610. The van der Waals surface area contributed by atoms with Crippen LogP contribution in [0.2, 0.25) is 0 Å². The van der Waals surface area contributed by atoms with Crippen molar-refractivity contribution in [2.24, 2.45) is 5.92 Å². The summed E-state index contributed by atoms with van der Waals surface area (Å²) in [5, 5.41) is 3.44. The number of rotatable bonds is 8. The largest absolute Gasteiger partial charge is 0.468 e. The van der Waals surface area contributed by atoms with Gasteiger partial charge in [0.25, 0.3) is 0 Å². The molecular formula is C17H34N2O2.